The number of halogens is 1. The molecule has 0 spiro atoms. The van der Waals surface area contributed by atoms with Gasteiger partial charge in [0.1, 0.15) is 0 Å². The van der Waals surface area contributed by atoms with Crippen molar-refractivity contribution in [3.63, 3.8) is 0 Å². The molecule has 0 atom stereocenters. The molecule has 0 aliphatic carbocycles. The SMILES string of the molecule is [CH2-]C[Si](C)(C)C.[Cl-].[Mg+2]. The Balaban J connectivity index is -0.000000125. The first-order chi connectivity index (χ1) is 2.56. The van der Waals surface area contributed by atoms with Gasteiger partial charge in [-0.2, -0.15) is 6.04 Å². The van der Waals surface area contributed by atoms with Crippen LogP contribution < -0.4 is 12.4 Å². The predicted molar refractivity (Wildman–Crippen MR) is 39.3 cm³/mol. The summed E-state index contributed by atoms with van der Waals surface area (Å²) in [7, 11) is -0.742. The van der Waals surface area contributed by atoms with Crippen LogP contribution in [0.1, 0.15) is 0 Å². The normalized spacial score (nSPS) is 9.00. The zero-order valence-electron chi connectivity index (χ0n) is 6.00. The van der Waals surface area contributed by atoms with Crippen molar-refractivity contribution in [3.05, 3.63) is 6.92 Å². The summed E-state index contributed by atoms with van der Waals surface area (Å²) in [6, 6.07) is 1.16. The second-order valence-corrected chi connectivity index (χ2v) is 8.43. The number of hydrogen-bond acceptors (Lipinski definition) is 0. The van der Waals surface area contributed by atoms with Crippen molar-refractivity contribution in [2.45, 2.75) is 25.7 Å². The maximum absolute atomic E-state index is 3.82. The van der Waals surface area contributed by atoms with E-state index in [9.17, 15) is 0 Å². The van der Waals surface area contributed by atoms with Gasteiger partial charge in [-0.1, -0.05) is 19.6 Å². The van der Waals surface area contributed by atoms with Crippen molar-refractivity contribution in [2.24, 2.45) is 0 Å². The Morgan fingerprint density at radius 1 is 1.25 bits per heavy atom. The number of hydrogen-bond donors (Lipinski definition) is 0. The fourth-order valence-electron chi connectivity index (χ4n) is 0. The van der Waals surface area contributed by atoms with E-state index in [4.69, 9.17) is 0 Å². The van der Waals surface area contributed by atoms with Crippen molar-refractivity contribution in [3.8, 4) is 0 Å². The zero-order valence-corrected chi connectivity index (χ0v) is 9.17. The van der Waals surface area contributed by atoms with E-state index in [0.717, 1.165) is 6.04 Å². The minimum atomic E-state index is -0.742. The fraction of sp³-hybridized carbons (Fsp3) is 0.800. The molecule has 0 saturated carbocycles. The van der Waals surface area contributed by atoms with Crippen LogP contribution in [0.3, 0.4) is 0 Å². The third-order valence-corrected chi connectivity index (χ3v) is 2.25. The molecular weight excluding hydrogens is 148 g/mol. The van der Waals surface area contributed by atoms with Crippen LogP contribution in [0.5, 0.6) is 0 Å². The van der Waals surface area contributed by atoms with E-state index in [2.05, 4.69) is 26.6 Å². The van der Waals surface area contributed by atoms with Gasteiger partial charge < -0.3 is 19.3 Å². The third-order valence-electron chi connectivity index (χ3n) is 0.750. The Bertz CT molecular complexity index is 42.2. The molecule has 0 heterocycles. The van der Waals surface area contributed by atoms with Gasteiger partial charge in [0.2, 0.25) is 0 Å². The molecule has 0 aromatic carbocycles. The smallest absolute Gasteiger partial charge is 1.00 e. The Morgan fingerprint density at radius 3 is 1.38 bits per heavy atom. The van der Waals surface area contributed by atoms with Gasteiger partial charge in [-0.25, -0.2) is 0 Å². The van der Waals surface area contributed by atoms with Gasteiger partial charge in [-0.3, -0.25) is 0 Å². The fourth-order valence-corrected chi connectivity index (χ4v) is 0. The van der Waals surface area contributed by atoms with Gasteiger partial charge in [-0.05, 0) is 0 Å². The average molecular weight is 161 g/mol. The van der Waals surface area contributed by atoms with Crippen molar-refractivity contribution < 1.29 is 12.4 Å². The summed E-state index contributed by atoms with van der Waals surface area (Å²) in [5, 5.41) is 0. The van der Waals surface area contributed by atoms with Gasteiger partial charge in [0, 0.05) is 8.07 Å². The van der Waals surface area contributed by atoms with E-state index < -0.39 is 8.07 Å². The molecule has 8 heavy (non-hydrogen) atoms. The standard InChI is InChI=1S/C5H13Si.ClH.Mg/c1-5-6(2,3)4;;/h1,5H2,2-4H3;1H;/q-1;;+2/p-1. The van der Waals surface area contributed by atoms with Gasteiger partial charge in [0.15, 0.2) is 0 Å². The summed E-state index contributed by atoms with van der Waals surface area (Å²) in [5.74, 6) is 0. The molecule has 3 heteroatoms. The first-order valence-electron chi connectivity index (χ1n) is 2.35. The largest absolute Gasteiger partial charge is 2.00 e. The van der Waals surface area contributed by atoms with Crippen molar-refractivity contribution in [1.82, 2.24) is 0 Å². The molecule has 0 bridgehead atoms. The van der Waals surface area contributed by atoms with E-state index in [1.165, 1.54) is 0 Å². The predicted octanol–water partition coefficient (Wildman–Crippen LogP) is -1.22. The van der Waals surface area contributed by atoms with Crippen molar-refractivity contribution >= 4 is 31.1 Å². The molecule has 0 fully saturated rings. The summed E-state index contributed by atoms with van der Waals surface area (Å²) in [6.07, 6.45) is 0. The first kappa shape index (κ1) is 16.1. The third kappa shape index (κ3) is 15.7. The molecule has 0 rings (SSSR count). The Labute approximate surface area is 76.0 Å². The monoisotopic (exact) mass is 160 g/mol. The topological polar surface area (TPSA) is 0 Å². The van der Waals surface area contributed by atoms with Crippen molar-refractivity contribution in [2.75, 3.05) is 0 Å². The van der Waals surface area contributed by atoms with Gasteiger partial charge in [-0.15, -0.1) is 0 Å². The van der Waals surface area contributed by atoms with Crippen LogP contribution >= 0.6 is 0 Å². The summed E-state index contributed by atoms with van der Waals surface area (Å²) in [4.78, 5) is 0. The summed E-state index contributed by atoms with van der Waals surface area (Å²) < 4.78 is 0. The second kappa shape index (κ2) is 6.39. The van der Waals surface area contributed by atoms with E-state index in [1.54, 1.807) is 0 Å². The zero-order chi connectivity index (χ0) is 5.21. The quantitative estimate of drug-likeness (QED) is 0.334. The molecule has 0 aromatic rings. The molecule has 0 amide bonds. The van der Waals surface area contributed by atoms with Crippen LogP contribution in [0.15, 0.2) is 0 Å². The minimum absolute atomic E-state index is 0. The van der Waals surface area contributed by atoms with Crippen molar-refractivity contribution in [1.29, 1.82) is 0 Å². The maximum atomic E-state index is 3.82. The molecule has 0 aromatic heterocycles. The first-order valence-corrected chi connectivity index (χ1v) is 6.06. The van der Waals surface area contributed by atoms with Gasteiger partial charge in [0.05, 0.1) is 0 Å². The van der Waals surface area contributed by atoms with Crippen LogP contribution in [0.25, 0.3) is 0 Å². The second-order valence-electron chi connectivity index (χ2n) is 2.81. The Hall–Kier alpha value is 1.27. The van der Waals surface area contributed by atoms with Crippen LogP contribution in [-0.2, 0) is 0 Å². The minimum Gasteiger partial charge on any atom is -1.00 e. The van der Waals surface area contributed by atoms with E-state index in [0.29, 0.717) is 0 Å². The Morgan fingerprint density at radius 2 is 1.38 bits per heavy atom. The molecule has 0 radical (unpaired) electrons. The molecule has 46 valence electrons. The summed E-state index contributed by atoms with van der Waals surface area (Å²) >= 11 is 0. The molecule has 0 N–H and O–H groups in total. The van der Waals surface area contributed by atoms with E-state index in [-0.39, 0.29) is 35.5 Å². The Kier molecular flexibility index (Phi) is 12.9. The van der Waals surface area contributed by atoms with E-state index >= 15 is 0 Å². The molecular formula is C5H13ClMgSi. The van der Waals surface area contributed by atoms with Crippen LogP contribution in [0.2, 0.25) is 25.7 Å². The van der Waals surface area contributed by atoms with Gasteiger partial charge in [0.25, 0.3) is 0 Å². The molecule has 0 aliphatic heterocycles. The van der Waals surface area contributed by atoms with E-state index in [1.807, 2.05) is 0 Å². The van der Waals surface area contributed by atoms with Crippen LogP contribution in [-0.4, -0.2) is 31.1 Å². The van der Waals surface area contributed by atoms with Crippen LogP contribution in [0.4, 0.5) is 0 Å². The molecule has 0 saturated heterocycles. The molecule has 0 unspecified atom stereocenters. The van der Waals surface area contributed by atoms with Gasteiger partial charge >= 0.3 is 23.1 Å². The summed E-state index contributed by atoms with van der Waals surface area (Å²) in [6.45, 7) is 10.8. The molecule has 0 aliphatic rings. The molecule has 0 nitrogen and oxygen atoms in total. The number of rotatable bonds is 1. The maximum Gasteiger partial charge on any atom is 2.00 e. The van der Waals surface area contributed by atoms with Crippen LogP contribution in [0, 0.1) is 6.92 Å². The average Bonchev–Trinajstić information content (AvgIpc) is 1.35. The summed E-state index contributed by atoms with van der Waals surface area (Å²) in [5.41, 5.74) is 0.